The topological polar surface area (TPSA) is 50.7 Å². The molecule has 1 aromatic carbocycles. The number of nitrogens with zero attached hydrogens (tertiary/aromatic N) is 1. The molecule has 2 rings (SSSR count). The summed E-state index contributed by atoms with van der Waals surface area (Å²) in [6.45, 7) is 0.908. The van der Waals surface area contributed by atoms with Crippen molar-refractivity contribution >= 4 is 39.5 Å². The monoisotopic (exact) mass is 296 g/mol. The lowest BCUT2D eigenvalue weighted by atomic mass is 10.3. The average Bonchev–Trinajstić information content (AvgIpc) is 2.93. The van der Waals surface area contributed by atoms with Crippen LogP contribution in [0, 0.1) is 0 Å². The second-order valence-electron chi connectivity index (χ2n) is 3.87. The van der Waals surface area contributed by atoms with Crippen molar-refractivity contribution in [3.05, 3.63) is 24.3 Å². The number of benzene rings is 1. The Morgan fingerprint density at radius 3 is 2.89 bits per heavy atom. The lowest BCUT2D eigenvalue weighted by Gasteiger charge is -2.06. The van der Waals surface area contributed by atoms with Crippen molar-refractivity contribution in [1.82, 2.24) is 0 Å². The number of carbonyl (C=O) groups excluding carboxylic acids is 1. The molecule has 1 heterocycles. The maximum absolute atomic E-state index is 11.7. The van der Waals surface area contributed by atoms with Crippen molar-refractivity contribution in [1.29, 1.82) is 0 Å². The minimum atomic E-state index is 0.0289. The smallest absolute Gasteiger partial charge is 0.225 e. The number of amides is 1. The van der Waals surface area contributed by atoms with Crippen LogP contribution in [0.25, 0.3) is 0 Å². The summed E-state index contributed by atoms with van der Waals surface area (Å²) in [4.78, 5) is 16.1. The highest BCUT2D eigenvalue weighted by atomic mass is 32.2. The minimum Gasteiger partial charge on any atom is -0.497 e. The van der Waals surface area contributed by atoms with Crippen molar-refractivity contribution in [2.45, 2.75) is 6.42 Å². The first kappa shape index (κ1) is 14.3. The number of hydrogen-bond donors (Lipinski definition) is 1. The van der Waals surface area contributed by atoms with Crippen LogP contribution in [0.5, 0.6) is 5.75 Å². The van der Waals surface area contributed by atoms with Crippen LogP contribution >= 0.6 is 23.5 Å². The largest absolute Gasteiger partial charge is 0.497 e. The van der Waals surface area contributed by atoms with E-state index in [9.17, 15) is 4.79 Å². The van der Waals surface area contributed by atoms with Crippen molar-refractivity contribution in [2.24, 2.45) is 4.99 Å². The van der Waals surface area contributed by atoms with Gasteiger partial charge < -0.3 is 10.1 Å². The van der Waals surface area contributed by atoms with E-state index in [0.29, 0.717) is 6.42 Å². The Labute approximate surface area is 121 Å². The number of carbonyl (C=O) groups is 1. The molecular weight excluding hydrogens is 280 g/mol. The SMILES string of the molecule is COc1ccc(NC(=O)CCSC2=NCCS2)cc1. The van der Waals surface area contributed by atoms with Crippen LogP contribution < -0.4 is 10.1 Å². The third-order valence-electron chi connectivity index (χ3n) is 2.49. The highest BCUT2D eigenvalue weighted by molar-refractivity contribution is 8.39. The molecule has 0 aliphatic carbocycles. The molecule has 4 nitrogen and oxygen atoms in total. The zero-order chi connectivity index (χ0) is 13.5. The number of ether oxygens (including phenoxy) is 1. The van der Waals surface area contributed by atoms with E-state index in [0.717, 1.165) is 33.9 Å². The summed E-state index contributed by atoms with van der Waals surface area (Å²) in [6.07, 6.45) is 0.496. The van der Waals surface area contributed by atoms with Crippen molar-refractivity contribution in [2.75, 3.05) is 30.5 Å². The lowest BCUT2D eigenvalue weighted by Crippen LogP contribution is -2.12. The maximum atomic E-state index is 11.7. The highest BCUT2D eigenvalue weighted by Crippen LogP contribution is 2.22. The van der Waals surface area contributed by atoms with E-state index in [1.165, 1.54) is 0 Å². The van der Waals surface area contributed by atoms with E-state index >= 15 is 0 Å². The Morgan fingerprint density at radius 1 is 1.47 bits per heavy atom. The van der Waals surface area contributed by atoms with Crippen LogP contribution in [0.2, 0.25) is 0 Å². The molecule has 1 amide bonds. The number of rotatable bonds is 5. The van der Waals surface area contributed by atoms with E-state index < -0.39 is 0 Å². The van der Waals surface area contributed by atoms with Gasteiger partial charge in [0, 0.05) is 23.6 Å². The summed E-state index contributed by atoms with van der Waals surface area (Å²) in [5.74, 6) is 2.65. The van der Waals surface area contributed by atoms with Gasteiger partial charge in [-0.1, -0.05) is 23.5 Å². The van der Waals surface area contributed by atoms with Gasteiger partial charge in [-0.15, -0.1) is 0 Å². The van der Waals surface area contributed by atoms with E-state index in [-0.39, 0.29) is 5.91 Å². The molecule has 0 saturated carbocycles. The molecule has 0 unspecified atom stereocenters. The Hall–Kier alpha value is -1.14. The van der Waals surface area contributed by atoms with Gasteiger partial charge in [0.25, 0.3) is 0 Å². The summed E-state index contributed by atoms with van der Waals surface area (Å²) in [5, 5.41) is 2.86. The van der Waals surface area contributed by atoms with Gasteiger partial charge in [-0.05, 0) is 24.3 Å². The van der Waals surface area contributed by atoms with Crippen molar-refractivity contribution in [3.8, 4) is 5.75 Å². The summed E-state index contributed by atoms with van der Waals surface area (Å²) >= 11 is 3.43. The summed E-state index contributed by atoms with van der Waals surface area (Å²) in [5.41, 5.74) is 0.795. The number of hydrogen-bond acceptors (Lipinski definition) is 5. The molecule has 0 bridgehead atoms. The second-order valence-corrected chi connectivity index (χ2v) is 6.30. The average molecular weight is 296 g/mol. The predicted molar refractivity (Wildman–Crippen MR) is 83.5 cm³/mol. The standard InChI is InChI=1S/C13H16N2O2S2/c1-17-11-4-2-10(3-5-11)15-12(16)6-8-18-13-14-7-9-19-13/h2-5H,6-9H2,1H3,(H,15,16). The molecular formula is C13H16N2O2S2. The molecule has 0 atom stereocenters. The first-order chi connectivity index (χ1) is 9.28. The van der Waals surface area contributed by atoms with Gasteiger partial charge in [-0.25, -0.2) is 0 Å². The first-order valence-electron chi connectivity index (χ1n) is 6.02. The first-order valence-corrected chi connectivity index (χ1v) is 7.99. The van der Waals surface area contributed by atoms with Gasteiger partial charge in [0.15, 0.2) is 0 Å². The fourth-order valence-corrected chi connectivity index (χ4v) is 3.55. The van der Waals surface area contributed by atoms with Gasteiger partial charge >= 0.3 is 0 Å². The number of aliphatic imine (C=N–C) groups is 1. The van der Waals surface area contributed by atoms with Crippen LogP contribution in [-0.4, -0.2) is 35.4 Å². The van der Waals surface area contributed by atoms with Crippen LogP contribution in [0.1, 0.15) is 6.42 Å². The Balaban J connectivity index is 1.70. The molecule has 1 N–H and O–H groups in total. The molecule has 1 aliphatic rings. The molecule has 19 heavy (non-hydrogen) atoms. The lowest BCUT2D eigenvalue weighted by molar-refractivity contribution is -0.115. The second kappa shape index (κ2) is 7.45. The number of methoxy groups -OCH3 is 1. The third kappa shape index (κ3) is 4.80. The van der Waals surface area contributed by atoms with Crippen LogP contribution in [-0.2, 0) is 4.79 Å². The fraction of sp³-hybridized carbons (Fsp3) is 0.385. The van der Waals surface area contributed by atoms with Gasteiger partial charge in [0.2, 0.25) is 5.91 Å². The van der Waals surface area contributed by atoms with Crippen molar-refractivity contribution < 1.29 is 9.53 Å². The molecule has 0 radical (unpaired) electrons. The predicted octanol–water partition coefficient (Wildman–Crippen LogP) is 2.86. The van der Waals surface area contributed by atoms with E-state index in [1.807, 2.05) is 24.3 Å². The van der Waals surface area contributed by atoms with Crippen LogP contribution in [0.3, 0.4) is 0 Å². The van der Waals surface area contributed by atoms with Gasteiger partial charge in [0.05, 0.1) is 13.7 Å². The molecule has 0 spiro atoms. The zero-order valence-electron chi connectivity index (χ0n) is 10.7. The van der Waals surface area contributed by atoms with Crippen LogP contribution in [0.15, 0.2) is 29.3 Å². The number of thioether (sulfide) groups is 2. The quantitative estimate of drug-likeness (QED) is 0.907. The molecule has 102 valence electrons. The van der Waals surface area contributed by atoms with Crippen LogP contribution in [0.4, 0.5) is 5.69 Å². The van der Waals surface area contributed by atoms with E-state index in [2.05, 4.69) is 10.3 Å². The third-order valence-corrected chi connectivity index (χ3v) is 4.74. The Bertz CT molecular complexity index is 460. The zero-order valence-corrected chi connectivity index (χ0v) is 12.4. The molecule has 0 aromatic heterocycles. The summed E-state index contributed by atoms with van der Waals surface area (Å²) in [7, 11) is 1.62. The Kier molecular flexibility index (Phi) is 5.60. The molecule has 0 fully saturated rings. The minimum absolute atomic E-state index is 0.0289. The van der Waals surface area contributed by atoms with E-state index in [1.54, 1.807) is 30.6 Å². The summed E-state index contributed by atoms with van der Waals surface area (Å²) in [6, 6.07) is 7.32. The molecule has 6 heteroatoms. The van der Waals surface area contributed by atoms with Gasteiger partial charge in [-0.2, -0.15) is 0 Å². The van der Waals surface area contributed by atoms with Gasteiger partial charge in [0.1, 0.15) is 10.1 Å². The number of anilines is 1. The van der Waals surface area contributed by atoms with E-state index in [4.69, 9.17) is 4.74 Å². The molecule has 1 aliphatic heterocycles. The molecule has 1 aromatic rings. The van der Waals surface area contributed by atoms with Gasteiger partial charge in [-0.3, -0.25) is 9.79 Å². The summed E-state index contributed by atoms with van der Waals surface area (Å²) < 4.78 is 6.17. The van der Waals surface area contributed by atoms with Crippen molar-refractivity contribution in [3.63, 3.8) is 0 Å². The number of nitrogens with one attached hydrogen (secondary N) is 1. The normalized spacial score (nSPS) is 14.1. The molecule has 0 saturated heterocycles. The maximum Gasteiger partial charge on any atom is 0.225 e. The highest BCUT2D eigenvalue weighted by Gasteiger charge is 2.09. The fourth-order valence-electron chi connectivity index (χ4n) is 1.53. The Morgan fingerprint density at radius 2 is 2.26 bits per heavy atom.